The number of esters is 1. The molecule has 0 saturated carbocycles. The van der Waals surface area contributed by atoms with Gasteiger partial charge in [0.1, 0.15) is 10.9 Å². The standard InChI is InChI=1S/C20H21ClN2O6S/c1-20(2,19(24)28-4)29-12-13-11-16-17(9-10-18(21)22-16)23(13)30(25,26)15-7-5-14(27-3)6-8-15/h5-11H,12H2,1-4H3. The maximum Gasteiger partial charge on any atom is 0.337 e. The maximum absolute atomic E-state index is 13.4. The largest absolute Gasteiger partial charge is 0.497 e. The maximum atomic E-state index is 13.4. The van der Waals surface area contributed by atoms with Crippen LogP contribution in [0.15, 0.2) is 47.4 Å². The highest BCUT2D eigenvalue weighted by Gasteiger charge is 2.31. The monoisotopic (exact) mass is 452 g/mol. The second-order valence-corrected chi connectivity index (χ2v) is 9.08. The molecule has 3 aromatic rings. The van der Waals surface area contributed by atoms with Crippen molar-refractivity contribution < 1.29 is 27.4 Å². The molecule has 2 aromatic heterocycles. The van der Waals surface area contributed by atoms with Crippen molar-refractivity contribution in [2.75, 3.05) is 14.2 Å². The smallest absolute Gasteiger partial charge is 0.337 e. The van der Waals surface area contributed by atoms with Gasteiger partial charge in [0.15, 0.2) is 5.60 Å². The first-order chi connectivity index (χ1) is 14.1. The number of carbonyl (C=O) groups excluding carboxylic acids is 1. The van der Waals surface area contributed by atoms with Crippen molar-refractivity contribution in [1.29, 1.82) is 0 Å². The van der Waals surface area contributed by atoms with Crippen molar-refractivity contribution in [2.45, 2.75) is 31.0 Å². The number of ether oxygens (including phenoxy) is 3. The van der Waals surface area contributed by atoms with Crippen LogP contribution in [0.3, 0.4) is 0 Å². The van der Waals surface area contributed by atoms with Crippen LogP contribution in [0.1, 0.15) is 19.5 Å². The third kappa shape index (κ3) is 4.14. The number of halogens is 1. The van der Waals surface area contributed by atoms with Gasteiger partial charge < -0.3 is 14.2 Å². The molecular weight excluding hydrogens is 432 g/mol. The summed E-state index contributed by atoms with van der Waals surface area (Å²) in [7, 11) is -1.25. The molecule has 160 valence electrons. The summed E-state index contributed by atoms with van der Waals surface area (Å²) in [5, 5.41) is 0.226. The first kappa shape index (κ1) is 22.1. The molecule has 0 bridgehead atoms. The third-order valence-electron chi connectivity index (χ3n) is 4.51. The minimum Gasteiger partial charge on any atom is -0.497 e. The number of carbonyl (C=O) groups is 1. The SMILES string of the molecule is COC(=O)C(C)(C)OCc1cc2nc(Cl)ccc2n1S(=O)(=O)c1ccc(OC)cc1. The molecule has 2 heterocycles. The molecule has 0 fully saturated rings. The summed E-state index contributed by atoms with van der Waals surface area (Å²) in [4.78, 5) is 16.2. The normalized spacial score (nSPS) is 12.2. The molecule has 0 saturated heterocycles. The van der Waals surface area contributed by atoms with E-state index >= 15 is 0 Å². The minimum atomic E-state index is -4.00. The van der Waals surface area contributed by atoms with Crippen LogP contribution in [0.5, 0.6) is 5.75 Å². The fourth-order valence-electron chi connectivity index (χ4n) is 2.89. The highest BCUT2D eigenvalue weighted by Crippen LogP contribution is 2.28. The molecule has 30 heavy (non-hydrogen) atoms. The molecule has 3 rings (SSSR count). The molecule has 0 aliphatic carbocycles. The molecule has 0 atom stereocenters. The van der Waals surface area contributed by atoms with Crippen molar-refractivity contribution in [1.82, 2.24) is 8.96 Å². The summed E-state index contributed by atoms with van der Waals surface area (Å²) >= 11 is 5.98. The summed E-state index contributed by atoms with van der Waals surface area (Å²) in [6.45, 7) is 2.91. The highest BCUT2D eigenvalue weighted by molar-refractivity contribution is 7.90. The van der Waals surface area contributed by atoms with Crippen LogP contribution in [0.2, 0.25) is 5.15 Å². The van der Waals surface area contributed by atoms with E-state index in [4.69, 9.17) is 25.8 Å². The second-order valence-electron chi connectivity index (χ2n) is 6.91. The van der Waals surface area contributed by atoms with Crippen molar-refractivity contribution >= 4 is 38.6 Å². The van der Waals surface area contributed by atoms with Crippen LogP contribution in [0.4, 0.5) is 0 Å². The number of aromatic nitrogens is 2. The number of hydrogen-bond donors (Lipinski definition) is 0. The van der Waals surface area contributed by atoms with Crippen LogP contribution in [0, 0.1) is 0 Å². The van der Waals surface area contributed by atoms with Gasteiger partial charge in [0.05, 0.1) is 42.4 Å². The van der Waals surface area contributed by atoms with E-state index in [2.05, 4.69) is 4.98 Å². The Morgan fingerprint density at radius 1 is 1.13 bits per heavy atom. The van der Waals surface area contributed by atoms with Gasteiger partial charge in [-0.3, -0.25) is 0 Å². The van der Waals surface area contributed by atoms with Crippen molar-refractivity contribution in [3.8, 4) is 5.75 Å². The van der Waals surface area contributed by atoms with Gasteiger partial charge in [-0.25, -0.2) is 22.2 Å². The van der Waals surface area contributed by atoms with Crippen molar-refractivity contribution in [3.63, 3.8) is 0 Å². The van der Waals surface area contributed by atoms with Crippen molar-refractivity contribution in [2.24, 2.45) is 0 Å². The quantitative estimate of drug-likeness (QED) is 0.400. The number of pyridine rings is 1. The summed E-state index contributed by atoms with van der Waals surface area (Å²) < 4.78 is 43.6. The fraction of sp³-hybridized carbons (Fsp3) is 0.300. The zero-order valence-corrected chi connectivity index (χ0v) is 18.5. The topological polar surface area (TPSA) is 96.7 Å². The average Bonchev–Trinajstić information content (AvgIpc) is 3.09. The Balaban J connectivity index is 2.11. The highest BCUT2D eigenvalue weighted by atomic mass is 35.5. The lowest BCUT2D eigenvalue weighted by Crippen LogP contribution is -2.36. The zero-order valence-electron chi connectivity index (χ0n) is 16.9. The second kappa shape index (κ2) is 8.25. The predicted octanol–water partition coefficient (Wildman–Crippen LogP) is 3.40. The number of methoxy groups -OCH3 is 2. The van der Waals surface area contributed by atoms with E-state index in [9.17, 15) is 13.2 Å². The first-order valence-corrected chi connectivity index (χ1v) is 10.7. The lowest BCUT2D eigenvalue weighted by atomic mass is 10.1. The Morgan fingerprint density at radius 2 is 1.80 bits per heavy atom. The van der Waals surface area contributed by atoms with E-state index in [0.717, 1.165) is 3.97 Å². The Morgan fingerprint density at radius 3 is 2.40 bits per heavy atom. The van der Waals surface area contributed by atoms with Crippen LogP contribution in [-0.2, 0) is 30.9 Å². The zero-order chi connectivity index (χ0) is 22.1. The van der Waals surface area contributed by atoms with Gasteiger partial charge in [-0.2, -0.15) is 0 Å². The van der Waals surface area contributed by atoms with E-state index < -0.39 is 21.6 Å². The van der Waals surface area contributed by atoms with E-state index in [1.165, 1.54) is 32.4 Å². The molecule has 1 aromatic carbocycles. The molecule has 0 aliphatic heterocycles. The van der Waals surface area contributed by atoms with Gasteiger partial charge in [0.25, 0.3) is 10.0 Å². The van der Waals surface area contributed by atoms with Crippen LogP contribution < -0.4 is 4.74 Å². The lowest BCUT2D eigenvalue weighted by Gasteiger charge is -2.22. The summed E-state index contributed by atoms with van der Waals surface area (Å²) in [5.41, 5.74) is -0.267. The lowest BCUT2D eigenvalue weighted by molar-refractivity contribution is -0.166. The van der Waals surface area contributed by atoms with E-state index in [1.807, 2.05) is 0 Å². The number of fused-ring (bicyclic) bond motifs is 1. The Hall–Kier alpha value is -2.62. The molecule has 10 heteroatoms. The van der Waals surface area contributed by atoms with E-state index in [0.29, 0.717) is 16.8 Å². The molecule has 0 unspecified atom stereocenters. The molecular formula is C20H21ClN2O6S. The van der Waals surface area contributed by atoms with Gasteiger partial charge in [-0.1, -0.05) is 11.6 Å². The minimum absolute atomic E-state index is 0.0595. The van der Waals surface area contributed by atoms with Crippen LogP contribution in [-0.4, -0.2) is 43.2 Å². The number of nitrogens with zero attached hydrogens (tertiary/aromatic N) is 2. The van der Waals surface area contributed by atoms with Crippen LogP contribution in [0.25, 0.3) is 11.0 Å². The van der Waals surface area contributed by atoms with E-state index in [-0.39, 0.29) is 22.3 Å². The Labute approximate surface area is 179 Å². The summed E-state index contributed by atoms with van der Waals surface area (Å²) in [5.74, 6) is -0.0486. The van der Waals surface area contributed by atoms with Gasteiger partial charge in [0.2, 0.25) is 0 Å². The molecule has 0 amide bonds. The molecule has 0 N–H and O–H groups in total. The third-order valence-corrected chi connectivity index (χ3v) is 6.50. The Bertz CT molecular complexity index is 1190. The predicted molar refractivity (Wildman–Crippen MR) is 111 cm³/mol. The molecule has 0 spiro atoms. The average molecular weight is 453 g/mol. The van der Waals surface area contributed by atoms with Gasteiger partial charge in [-0.05, 0) is 56.3 Å². The number of hydrogen-bond acceptors (Lipinski definition) is 7. The fourth-order valence-corrected chi connectivity index (χ4v) is 4.56. The first-order valence-electron chi connectivity index (χ1n) is 8.89. The van der Waals surface area contributed by atoms with Crippen molar-refractivity contribution in [3.05, 3.63) is 53.3 Å². The summed E-state index contributed by atoms with van der Waals surface area (Å²) in [6.07, 6.45) is 0. The van der Waals surface area contributed by atoms with Gasteiger partial charge >= 0.3 is 5.97 Å². The van der Waals surface area contributed by atoms with E-state index in [1.54, 1.807) is 38.1 Å². The van der Waals surface area contributed by atoms with Gasteiger partial charge in [0, 0.05) is 0 Å². The summed E-state index contributed by atoms with van der Waals surface area (Å²) in [6, 6.07) is 10.7. The molecule has 0 radical (unpaired) electrons. The number of rotatable bonds is 7. The van der Waals surface area contributed by atoms with Crippen LogP contribution >= 0.6 is 11.6 Å². The Kier molecular flexibility index (Phi) is 6.07. The number of benzene rings is 1. The molecule has 8 nitrogen and oxygen atoms in total. The molecule has 0 aliphatic rings. The van der Waals surface area contributed by atoms with Gasteiger partial charge in [-0.15, -0.1) is 0 Å².